The average Bonchev–Trinajstić information content (AvgIpc) is 2.68. The lowest BCUT2D eigenvalue weighted by Gasteiger charge is -1.93. The molecule has 0 N–H and O–H groups in total. The molecule has 0 unspecified atom stereocenters. The van der Waals surface area contributed by atoms with Gasteiger partial charge in [0.05, 0.1) is 0 Å². The molecule has 2 rings (SSSR count). The fourth-order valence-electron chi connectivity index (χ4n) is 1.11. The predicted octanol–water partition coefficient (Wildman–Crippen LogP) is 3.69. The van der Waals surface area contributed by atoms with Crippen molar-refractivity contribution in [1.82, 2.24) is 10.1 Å². The number of rotatable bonds is 2. The number of hydrogen-bond donors (Lipinski definition) is 0. The highest BCUT2D eigenvalue weighted by molar-refractivity contribution is 6.30. The maximum absolute atomic E-state index is 5.81. The molecule has 0 aliphatic rings. The van der Waals surface area contributed by atoms with Gasteiger partial charge in [-0.1, -0.05) is 16.8 Å². The quantitative estimate of drug-likeness (QED) is 0.755. The molecule has 0 saturated heterocycles. The van der Waals surface area contributed by atoms with Gasteiger partial charge in [-0.2, -0.15) is 4.98 Å². The average molecular weight is 243 g/mol. The normalized spacial score (nSPS) is 12.7. The molecule has 0 aliphatic heterocycles. The van der Waals surface area contributed by atoms with Gasteiger partial charge in [0, 0.05) is 10.6 Å². The Morgan fingerprint density at radius 3 is 2.47 bits per heavy atom. The highest BCUT2D eigenvalue weighted by Crippen LogP contribution is 2.22. The molecule has 0 bridgehead atoms. The van der Waals surface area contributed by atoms with E-state index in [2.05, 4.69) is 10.1 Å². The molecule has 0 radical (unpaired) electrons. The van der Waals surface area contributed by atoms with Crippen LogP contribution in [0.4, 0.5) is 0 Å². The Balaban J connectivity index is 2.33. The van der Waals surface area contributed by atoms with Crippen LogP contribution in [-0.2, 0) is 0 Å². The summed E-state index contributed by atoms with van der Waals surface area (Å²) in [4.78, 5) is 4.16. The highest BCUT2D eigenvalue weighted by atomic mass is 35.5. The zero-order valence-electron chi connectivity index (χ0n) is 7.95. The third kappa shape index (κ3) is 2.30. The molecule has 1 aromatic heterocycles. The summed E-state index contributed by atoms with van der Waals surface area (Å²) < 4.78 is 4.98. The summed E-state index contributed by atoms with van der Waals surface area (Å²) >= 11 is 11.6. The fraction of sp³-hybridized carbons (Fsp3) is 0.200. The second-order valence-corrected chi connectivity index (χ2v) is 4.17. The van der Waals surface area contributed by atoms with Gasteiger partial charge in [0.1, 0.15) is 5.38 Å². The second kappa shape index (κ2) is 4.21. The van der Waals surface area contributed by atoms with Crippen LogP contribution in [0.25, 0.3) is 11.4 Å². The molecule has 1 heterocycles. The fourth-order valence-corrected chi connectivity index (χ4v) is 1.33. The smallest absolute Gasteiger partial charge is 0.244 e. The third-order valence-electron chi connectivity index (χ3n) is 1.88. The van der Waals surface area contributed by atoms with E-state index < -0.39 is 0 Å². The zero-order chi connectivity index (χ0) is 10.8. The van der Waals surface area contributed by atoms with Crippen molar-refractivity contribution in [3.63, 3.8) is 0 Å². The molecule has 0 spiro atoms. The van der Waals surface area contributed by atoms with Crippen LogP contribution in [-0.4, -0.2) is 10.1 Å². The highest BCUT2D eigenvalue weighted by Gasteiger charge is 2.12. The molecule has 0 aliphatic carbocycles. The monoisotopic (exact) mass is 242 g/mol. The topological polar surface area (TPSA) is 38.9 Å². The molecule has 3 nitrogen and oxygen atoms in total. The summed E-state index contributed by atoms with van der Waals surface area (Å²) in [5.41, 5.74) is 0.853. The summed E-state index contributed by atoms with van der Waals surface area (Å²) in [5, 5.41) is 4.22. The Morgan fingerprint density at radius 2 is 1.93 bits per heavy atom. The minimum Gasteiger partial charge on any atom is -0.337 e. The van der Waals surface area contributed by atoms with Crippen molar-refractivity contribution < 1.29 is 4.52 Å². The van der Waals surface area contributed by atoms with Crippen LogP contribution in [0.2, 0.25) is 5.02 Å². The minimum atomic E-state index is -0.279. The van der Waals surface area contributed by atoms with E-state index in [-0.39, 0.29) is 5.38 Å². The van der Waals surface area contributed by atoms with E-state index >= 15 is 0 Å². The van der Waals surface area contributed by atoms with E-state index in [4.69, 9.17) is 27.7 Å². The van der Waals surface area contributed by atoms with Gasteiger partial charge in [0.2, 0.25) is 11.7 Å². The van der Waals surface area contributed by atoms with Gasteiger partial charge in [-0.05, 0) is 31.2 Å². The van der Waals surface area contributed by atoms with Crippen LogP contribution >= 0.6 is 23.2 Å². The first-order valence-corrected chi connectivity index (χ1v) is 5.22. The van der Waals surface area contributed by atoms with E-state index in [1.54, 1.807) is 19.1 Å². The summed E-state index contributed by atoms with van der Waals surface area (Å²) in [7, 11) is 0. The van der Waals surface area contributed by atoms with Gasteiger partial charge in [0.25, 0.3) is 0 Å². The van der Waals surface area contributed by atoms with Crippen molar-refractivity contribution in [1.29, 1.82) is 0 Å². The Labute approximate surface area is 97.0 Å². The van der Waals surface area contributed by atoms with Gasteiger partial charge in [0.15, 0.2) is 0 Å². The summed E-state index contributed by atoms with van der Waals surface area (Å²) in [6.07, 6.45) is 0. The number of alkyl halides is 1. The van der Waals surface area contributed by atoms with Crippen molar-refractivity contribution in [3.05, 3.63) is 35.2 Å². The molecule has 0 saturated carbocycles. The maximum Gasteiger partial charge on any atom is 0.244 e. The first-order chi connectivity index (χ1) is 7.16. The van der Waals surface area contributed by atoms with Crippen LogP contribution in [0.15, 0.2) is 28.8 Å². The number of nitrogens with zero attached hydrogens (tertiary/aromatic N) is 2. The number of aromatic nitrogens is 2. The molecular weight excluding hydrogens is 235 g/mol. The largest absolute Gasteiger partial charge is 0.337 e. The zero-order valence-corrected chi connectivity index (χ0v) is 9.46. The molecule has 0 amide bonds. The van der Waals surface area contributed by atoms with Gasteiger partial charge in [-0.3, -0.25) is 0 Å². The molecular formula is C10H8Cl2N2O. The summed E-state index contributed by atoms with van der Waals surface area (Å²) in [6.45, 7) is 1.78. The number of benzene rings is 1. The SMILES string of the molecule is C[C@H](Cl)c1nc(-c2ccc(Cl)cc2)no1. The van der Waals surface area contributed by atoms with Gasteiger partial charge in [-0.15, -0.1) is 11.6 Å². The van der Waals surface area contributed by atoms with Crippen LogP contribution in [0.1, 0.15) is 18.2 Å². The first-order valence-electron chi connectivity index (χ1n) is 4.40. The summed E-state index contributed by atoms with van der Waals surface area (Å²) in [6, 6.07) is 7.21. The van der Waals surface area contributed by atoms with E-state index in [1.807, 2.05) is 12.1 Å². The Kier molecular flexibility index (Phi) is 2.93. The molecule has 1 atom stereocenters. The van der Waals surface area contributed by atoms with Gasteiger partial charge < -0.3 is 4.52 Å². The van der Waals surface area contributed by atoms with E-state index in [1.165, 1.54) is 0 Å². The standard InChI is InChI=1S/C10H8Cl2N2O/c1-6(11)10-13-9(14-15-10)7-2-4-8(12)5-3-7/h2-6H,1H3/t6-/m0/s1. The third-order valence-corrected chi connectivity index (χ3v) is 2.32. The lowest BCUT2D eigenvalue weighted by Crippen LogP contribution is -1.84. The first kappa shape index (κ1) is 10.5. The Hall–Kier alpha value is -1.06. The van der Waals surface area contributed by atoms with Crippen LogP contribution in [0.5, 0.6) is 0 Å². The maximum atomic E-state index is 5.81. The Bertz CT molecular complexity index is 451. The van der Waals surface area contributed by atoms with Crippen molar-refractivity contribution in [2.75, 3.05) is 0 Å². The second-order valence-electron chi connectivity index (χ2n) is 3.08. The lowest BCUT2D eigenvalue weighted by molar-refractivity contribution is 0.379. The lowest BCUT2D eigenvalue weighted by atomic mass is 10.2. The van der Waals surface area contributed by atoms with Crippen molar-refractivity contribution in [2.45, 2.75) is 12.3 Å². The van der Waals surface area contributed by atoms with E-state index in [9.17, 15) is 0 Å². The van der Waals surface area contributed by atoms with Crippen molar-refractivity contribution >= 4 is 23.2 Å². The van der Waals surface area contributed by atoms with Gasteiger partial charge >= 0.3 is 0 Å². The molecule has 1 aromatic carbocycles. The van der Waals surface area contributed by atoms with Crippen LogP contribution in [0.3, 0.4) is 0 Å². The van der Waals surface area contributed by atoms with Crippen molar-refractivity contribution in [3.8, 4) is 11.4 Å². The summed E-state index contributed by atoms with van der Waals surface area (Å²) in [5.74, 6) is 0.941. The number of hydrogen-bond acceptors (Lipinski definition) is 3. The molecule has 0 fully saturated rings. The van der Waals surface area contributed by atoms with Crippen LogP contribution < -0.4 is 0 Å². The Morgan fingerprint density at radius 1 is 1.27 bits per heavy atom. The molecule has 5 heteroatoms. The van der Waals surface area contributed by atoms with E-state index in [0.29, 0.717) is 16.7 Å². The van der Waals surface area contributed by atoms with E-state index in [0.717, 1.165) is 5.56 Å². The van der Waals surface area contributed by atoms with Crippen LogP contribution in [0, 0.1) is 0 Å². The predicted molar refractivity (Wildman–Crippen MR) is 59.0 cm³/mol. The molecule has 15 heavy (non-hydrogen) atoms. The van der Waals surface area contributed by atoms with Gasteiger partial charge in [-0.25, -0.2) is 0 Å². The molecule has 78 valence electrons. The molecule has 2 aromatic rings. The van der Waals surface area contributed by atoms with Crippen molar-refractivity contribution in [2.24, 2.45) is 0 Å². The minimum absolute atomic E-state index is 0.279. The number of halogens is 2.